The first-order valence-electron chi connectivity index (χ1n) is 11.7. The molecule has 0 bridgehead atoms. The highest BCUT2D eigenvalue weighted by molar-refractivity contribution is 7.10. The van der Waals surface area contributed by atoms with E-state index in [-0.39, 0.29) is 28.8 Å². The van der Waals surface area contributed by atoms with Gasteiger partial charge < -0.3 is 20.3 Å². The molecule has 16 heteroatoms. The van der Waals surface area contributed by atoms with Gasteiger partial charge in [-0.25, -0.2) is 15.0 Å². The number of alkyl halides is 6. The number of hydrogen-bond donors (Lipinski definition) is 2. The van der Waals surface area contributed by atoms with Crippen molar-refractivity contribution in [2.24, 2.45) is 5.92 Å². The molecule has 3 aromatic heterocycles. The van der Waals surface area contributed by atoms with Crippen LogP contribution in [0.1, 0.15) is 34.6 Å². The van der Waals surface area contributed by atoms with Crippen molar-refractivity contribution in [1.29, 1.82) is 0 Å². The zero-order chi connectivity index (χ0) is 28.2. The Bertz CT molecular complexity index is 1270. The van der Waals surface area contributed by atoms with Gasteiger partial charge in [0.15, 0.2) is 5.69 Å². The molecule has 4 heterocycles. The lowest BCUT2D eigenvalue weighted by Gasteiger charge is -2.17. The first-order valence-corrected chi connectivity index (χ1v) is 12.5. The maximum atomic E-state index is 12.9. The Morgan fingerprint density at radius 2 is 1.92 bits per heavy atom. The minimum Gasteiger partial charge on any atom is -0.477 e. The summed E-state index contributed by atoms with van der Waals surface area (Å²) in [7, 11) is 0. The number of anilines is 3. The highest BCUT2D eigenvalue weighted by Crippen LogP contribution is 2.30. The van der Waals surface area contributed by atoms with Crippen molar-refractivity contribution in [1.82, 2.24) is 24.2 Å². The van der Waals surface area contributed by atoms with E-state index in [1.807, 2.05) is 0 Å². The van der Waals surface area contributed by atoms with E-state index >= 15 is 0 Å². The number of ether oxygens (including phenoxy) is 1. The maximum absolute atomic E-state index is 12.9. The summed E-state index contributed by atoms with van der Waals surface area (Å²) in [5.41, 5.74) is -0.207. The third-order valence-electron chi connectivity index (χ3n) is 5.82. The zero-order valence-electron chi connectivity index (χ0n) is 20.4. The predicted octanol–water partition coefficient (Wildman–Crippen LogP) is 5.30. The molecule has 4 rings (SSSR count). The number of aryl methyl sites for hydroxylation is 1. The number of halogens is 6. The van der Waals surface area contributed by atoms with Crippen molar-refractivity contribution in [3.8, 4) is 5.88 Å². The van der Waals surface area contributed by atoms with Crippen LogP contribution in [-0.2, 0) is 6.18 Å². The van der Waals surface area contributed by atoms with E-state index in [4.69, 9.17) is 4.74 Å². The molecule has 2 N–H and O–H groups in total. The molecular weight excluding hydrogens is 552 g/mol. The fraction of sp³-hybridized carbons (Fsp3) is 0.435. The second-order valence-electron chi connectivity index (χ2n) is 8.85. The van der Waals surface area contributed by atoms with Crippen LogP contribution >= 0.6 is 11.5 Å². The van der Waals surface area contributed by atoms with Crippen molar-refractivity contribution in [2.45, 2.75) is 32.1 Å². The number of amides is 1. The normalized spacial score (nSPS) is 16.3. The first kappa shape index (κ1) is 28.5. The number of nitrogens with one attached hydrogen (secondary N) is 2. The molecule has 1 amide bonds. The number of carbonyl (C=O) groups excluding carboxylic acids is 1. The number of carbonyl (C=O) groups is 1. The molecule has 0 aromatic carbocycles. The first-order chi connectivity index (χ1) is 18.4. The fourth-order valence-corrected chi connectivity index (χ4v) is 4.65. The van der Waals surface area contributed by atoms with Gasteiger partial charge in [-0.15, -0.1) is 0 Å². The molecule has 1 aliphatic rings. The lowest BCUT2D eigenvalue weighted by Crippen LogP contribution is -2.27. The van der Waals surface area contributed by atoms with Crippen molar-refractivity contribution < 1.29 is 35.9 Å². The zero-order valence-corrected chi connectivity index (χ0v) is 21.3. The lowest BCUT2D eigenvalue weighted by molar-refractivity contribution is -0.141. The number of rotatable bonds is 9. The molecule has 1 atom stereocenters. The van der Waals surface area contributed by atoms with Crippen LogP contribution in [0.25, 0.3) is 0 Å². The lowest BCUT2D eigenvalue weighted by atomic mass is 10.1. The third-order valence-corrected chi connectivity index (χ3v) is 6.67. The van der Waals surface area contributed by atoms with Gasteiger partial charge in [0.1, 0.15) is 10.8 Å². The Morgan fingerprint density at radius 3 is 2.56 bits per heavy atom. The molecule has 39 heavy (non-hydrogen) atoms. The van der Waals surface area contributed by atoms with Gasteiger partial charge in [-0.2, -0.15) is 30.7 Å². The van der Waals surface area contributed by atoms with Crippen molar-refractivity contribution in [3.05, 3.63) is 47.7 Å². The largest absolute Gasteiger partial charge is 0.477 e. The van der Waals surface area contributed by atoms with Crippen LogP contribution in [0.15, 0.2) is 30.7 Å². The van der Waals surface area contributed by atoms with E-state index in [1.165, 1.54) is 6.20 Å². The number of likely N-dealkylation sites (tertiary alicyclic amines) is 1. The topological polar surface area (TPSA) is 105 Å². The average molecular weight is 576 g/mol. The highest BCUT2D eigenvalue weighted by atomic mass is 32.1. The standard InChI is InChI=1S/C23H23F6N7O2S/c1-13-19(21(39-35-13)34-17-10-30-16(9-31-17)23(27,28)29)20(37)33-15-2-3-18(32-8-15)38-12-14-4-6-36(11-14)7-5-22(24,25)26/h2-3,8-10,14H,4-7,11-12H2,1H3,(H,31,34)(H,33,37). The summed E-state index contributed by atoms with van der Waals surface area (Å²) < 4.78 is 85.2. The van der Waals surface area contributed by atoms with Crippen molar-refractivity contribution in [3.63, 3.8) is 0 Å². The number of hydrogen-bond acceptors (Lipinski definition) is 9. The monoisotopic (exact) mass is 575 g/mol. The molecule has 0 radical (unpaired) electrons. The molecule has 9 nitrogen and oxygen atoms in total. The van der Waals surface area contributed by atoms with Gasteiger partial charge in [-0.3, -0.25) is 4.79 Å². The summed E-state index contributed by atoms with van der Waals surface area (Å²) >= 11 is 0.938. The minimum absolute atomic E-state index is 0.00889. The van der Waals surface area contributed by atoms with Crippen LogP contribution in [0, 0.1) is 12.8 Å². The Kier molecular flexibility index (Phi) is 8.54. The Balaban J connectivity index is 1.30. The van der Waals surface area contributed by atoms with Gasteiger partial charge in [0.05, 0.1) is 48.6 Å². The number of aromatic nitrogens is 4. The quantitative estimate of drug-likeness (QED) is 0.331. The second-order valence-corrected chi connectivity index (χ2v) is 9.63. The van der Waals surface area contributed by atoms with E-state index in [1.54, 1.807) is 24.0 Å². The van der Waals surface area contributed by atoms with E-state index in [0.717, 1.165) is 24.2 Å². The SMILES string of the molecule is Cc1nsc(Nc2cnc(C(F)(F)F)cn2)c1C(=O)Nc1ccc(OCC2CCN(CCC(F)(F)F)C2)nc1. The van der Waals surface area contributed by atoms with Gasteiger partial charge >= 0.3 is 12.4 Å². The minimum atomic E-state index is -4.62. The summed E-state index contributed by atoms with van der Waals surface area (Å²) in [6, 6.07) is 3.13. The number of pyridine rings is 1. The Labute approximate surface area is 222 Å². The maximum Gasteiger partial charge on any atom is 0.434 e. The molecule has 0 aliphatic carbocycles. The summed E-state index contributed by atoms with van der Waals surface area (Å²) in [5, 5.41) is 5.72. The smallest absolute Gasteiger partial charge is 0.434 e. The molecular formula is C23H23F6N7O2S. The fourth-order valence-electron chi connectivity index (χ4n) is 3.85. The summed E-state index contributed by atoms with van der Waals surface area (Å²) in [6.07, 6.45) is -6.01. The van der Waals surface area contributed by atoms with Crippen LogP contribution in [0.5, 0.6) is 5.88 Å². The van der Waals surface area contributed by atoms with Gasteiger partial charge in [0.25, 0.3) is 5.91 Å². The summed E-state index contributed by atoms with van der Waals surface area (Å²) in [6.45, 7) is 3.00. The van der Waals surface area contributed by atoms with Crippen LogP contribution in [-0.4, -0.2) is 62.6 Å². The van der Waals surface area contributed by atoms with Crippen LogP contribution in [0.3, 0.4) is 0 Å². The molecule has 0 saturated carbocycles. The van der Waals surface area contributed by atoms with E-state index in [2.05, 4.69) is 30.0 Å². The van der Waals surface area contributed by atoms with E-state index < -0.39 is 30.4 Å². The summed E-state index contributed by atoms with van der Waals surface area (Å²) in [5.74, 6) is -0.120. The number of nitrogens with zero attached hydrogens (tertiary/aromatic N) is 5. The van der Waals surface area contributed by atoms with Crippen LogP contribution < -0.4 is 15.4 Å². The van der Waals surface area contributed by atoms with E-state index in [0.29, 0.717) is 43.2 Å². The molecule has 1 fully saturated rings. The van der Waals surface area contributed by atoms with Gasteiger partial charge in [0.2, 0.25) is 5.88 Å². The average Bonchev–Trinajstić information content (AvgIpc) is 3.48. The molecule has 3 aromatic rings. The molecule has 1 aliphatic heterocycles. The second kappa shape index (κ2) is 11.7. The van der Waals surface area contributed by atoms with Crippen molar-refractivity contribution >= 4 is 33.9 Å². The summed E-state index contributed by atoms with van der Waals surface area (Å²) in [4.78, 5) is 25.9. The predicted molar refractivity (Wildman–Crippen MR) is 130 cm³/mol. The van der Waals surface area contributed by atoms with Gasteiger partial charge in [0, 0.05) is 25.1 Å². The molecule has 1 saturated heterocycles. The van der Waals surface area contributed by atoms with Crippen molar-refractivity contribution in [2.75, 3.05) is 36.9 Å². The van der Waals surface area contributed by atoms with E-state index in [9.17, 15) is 31.1 Å². The Morgan fingerprint density at radius 1 is 1.13 bits per heavy atom. The highest BCUT2D eigenvalue weighted by Gasteiger charge is 2.33. The molecule has 210 valence electrons. The molecule has 0 spiro atoms. The molecule has 1 unspecified atom stereocenters. The van der Waals surface area contributed by atoms with Crippen LogP contribution in [0.4, 0.5) is 42.8 Å². The Hall–Kier alpha value is -3.53. The van der Waals surface area contributed by atoms with Gasteiger partial charge in [-0.1, -0.05) is 0 Å². The third kappa shape index (κ3) is 7.98. The van der Waals surface area contributed by atoms with Crippen LogP contribution in [0.2, 0.25) is 0 Å². The van der Waals surface area contributed by atoms with Gasteiger partial charge in [-0.05, 0) is 37.5 Å².